The molecule has 0 radical (unpaired) electrons. The van der Waals surface area contributed by atoms with Gasteiger partial charge in [0.2, 0.25) is 0 Å². The molecule has 0 saturated carbocycles. The van der Waals surface area contributed by atoms with Crippen LogP contribution in [-0.4, -0.2) is 89.0 Å². The van der Waals surface area contributed by atoms with Gasteiger partial charge < -0.3 is 39.4 Å². The standard InChI is InChI=1S/C42H80O10/c1-3-5-7-9-11-13-14-15-16-17-18-19-20-21-22-23-25-27-29-31-38(45)51-35(33-49-37(44)30-28-26-24-12-10-8-6-4-2)34-50-42-41(48)40(47)39(46)36(32-43)52-42/h35-36,39-43,46-48H,3-34H2,1-2H3. The summed E-state index contributed by atoms with van der Waals surface area (Å²) in [7, 11) is 0. The lowest BCUT2D eigenvalue weighted by Crippen LogP contribution is -2.59. The van der Waals surface area contributed by atoms with Gasteiger partial charge in [-0.25, -0.2) is 0 Å². The molecule has 0 spiro atoms. The van der Waals surface area contributed by atoms with Gasteiger partial charge in [-0.3, -0.25) is 9.59 Å². The molecule has 0 aliphatic carbocycles. The molecular weight excluding hydrogens is 664 g/mol. The van der Waals surface area contributed by atoms with Crippen molar-refractivity contribution in [2.24, 2.45) is 0 Å². The lowest BCUT2D eigenvalue weighted by molar-refractivity contribution is -0.305. The summed E-state index contributed by atoms with van der Waals surface area (Å²) in [5, 5.41) is 39.9. The number of aliphatic hydroxyl groups excluding tert-OH is 4. The predicted molar refractivity (Wildman–Crippen MR) is 206 cm³/mol. The highest BCUT2D eigenvalue weighted by Crippen LogP contribution is 2.23. The van der Waals surface area contributed by atoms with Crippen LogP contribution in [0.2, 0.25) is 0 Å². The Morgan fingerprint density at radius 3 is 1.31 bits per heavy atom. The number of hydrogen-bond donors (Lipinski definition) is 4. The van der Waals surface area contributed by atoms with Gasteiger partial charge in [0.15, 0.2) is 12.4 Å². The molecule has 0 bridgehead atoms. The van der Waals surface area contributed by atoms with Crippen molar-refractivity contribution in [1.82, 2.24) is 0 Å². The molecule has 6 unspecified atom stereocenters. The molecule has 10 heteroatoms. The second kappa shape index (κ2) is 34.2. The summed E-state index contributed by atoms with van der Waals surface area (Å²) in [6.45, 7) is 3.41. The molecule has 52 heavy (non-hydrogen) atoms. The fraction of sp³-hybridized carbons (Fsp3) is 0.952. The number of ether oxygens (including phenoxy) is 4. The Hall–Kier alpha value is -1.30. The molecule has 6 atom stereocenters. The third kappa shape index (κ3) is 25.7. The highest BCUT2D eigenvalue weighted by Gasteiger charge is 2.44. The number of aliphatic hydroxyl groups is 4. The number of carbonyl (C=O) groups excluding carboxylic acids is 2. The minimum absolute atomic E-state index is 0.210. The SMILES string of the molecule is CCCCCCCCCCCCCCCCCCCCCC(=O)OC(COC(=O)CCCCCCCCCC)COC1OC(CO)C(O)C(O)C1O. The van der Waals surface area contributed by atoms with E-state index in [-0.39, 0.29) is 32.0 Å². The Morgan fingerprint density at radius 1 is 0.519 bits per heavy atom. The van der Waals surface area contributed by atoms with Crippen molar-refractivity contribution in [1.29, 1.82) is 0 Å². The minimum Gasteiger partial charge on any atom is -0.462 e. The quantitative estimate of drug-likeness (QED) is 0.0363. The average Bonchev–Trinajstić information content (AvgIpc) is 3.14. The van der Waals surface area contributed by atoms with Crippen LogP contribution in [0.25, 0.3) is 0 Å². The van der Waals surface area contributed by atoms with E-state index in [0.717, 1.165) is 38.5 Å². The van der Waals surface area contributed by atoms with Crippen LogP contribution in [0.3, 0.4) is 0 Å². The molecule has 1 fully saturated rings. The number of rotatable bonds is 36. The molecule has 4 N–H and O–H groups in total. The summed E-state index contributed by atoms with van der Waals surface area (Å²) in [5.74, 6) is -0.799. The van der Waals surface area contributed by atoms with E-state index in [1.807, 2.05) is 0 Å². The molecule has 308 valence electrons. The van der Waals surface area contributed by atoms with Gasteiger partial charge in [-0.05, 0) is 12.8 Å². The van der Waals surface area contributed by atoms with E-state index in [0.29, 0.717) is 6.42 Å². The predicted octanol–water partition coefficient (Wildman–Crippen LogP) is 8.61. The summed E-state index contributed by atoms with van der Waals surface area (Å²) < 4.78 is 22.1. The zero-order chi connectivity index (χ0) is 38.1. The van der Waals surface area contributed by atoms with Gasteiger partial charge >= 0.3 is 11.9 Å². The first kappa shape index (κ1) is 48.7. The van der Waals surface area contributed by atoms with E-state index in [1.54, 1.807) is 0 Å². The molecule has 0 aromatic rings. The highest BCUT2D eigenvalue weighted by atomic mass is 16.7. The molecule has 0 aromatic carbocycles. The van der Waals surface area contributed by atoms with Crippen LogP contribution in [0.4, 0.5) is 0 Å². The third-order valence-corrected chi connectivity index (χ3v) is 10.2. The van der Waals surface area contributed by atoms with E-state index in [4.69, 9.17) is 18.9 Å². The van der Waals surface area contributed by atoms with Crippen molar-refractivity contribution in [2.75, 3.05) is 19.8 Å². The van der Waals surface area contributed by atoms with Gasteiger partial charge in [0.1, 0.15) is 31.0 Å². The fourth-order valence-electron chi connectivity index (χ4n) is 6.78. The Balaban J connectivity index is 2.27. The van der Waals surface area contributed by atoms with Gasteiger partial charge in [-0.15, -0.1) is 0 Å². The highest BCUT2D eigenvalue weighted by molar-refractivity contribution is 5.70. The second-order valence-electron chi connectivity index (χ2n) is 15.2. The topological polar surface area (TPSA) is 152 Å². The summed E-state index contributed by atoms with van der Waals surface area (Å²) >= 11 is 0. The number of unbranched alkanes of at least 4 members (excludes halogenated alkanes) is 25. The van der Waals surface area contributed by atoms with E-state index in [1.165, 1.54) is 128 Å². The number of esters is 2. The van der Waals surface area contributed by atoms with Crippen LogP contribution < -0.4 is 0 Å². The Bertz CT molecular complexity index is 825. The zero-order valence-corrected chi connectivity index (χ0v) is 33.3. The second-order valence-corrected chi connectivity index (χ2v) is 15.2. The Labute approximate surface area is 317 Å². The normalized spacial score (nSPS) is 20.9. The van der Waals surface area contributed by atoms with Crippen molar-refractivity contribution in [2.45, 2.75) is 237 Å². The van der Waals surface area contributed by atoms with Crippen molar-refractivity contribution < 1.29 is 49.0 Å². The number of hydrogen-bond acceptors (Lipinski definition) is 10. The lowest BCUT2D eigenvalue weighted by Gasteiger charge is -2.39. The fourth-order valence-corrected chi connectivity index (χ4v) is 6.78. The van der Waals surface area contributed by atoms with Crippen LogP contribution in [0, 0.1) is 0 Å². The average molecular weight is 745 g/mol. The van der Waals surface area contributed by atoms with Crippen molar-refractivity contribution in [3.63, 3.8) is 0 Å². The first-order valence-electron chi connectivity index (χ1n) is 21.6. The van der Waals surface area contributed by atoms with E-state index in [9.17, 15) is 30.0 Å². The summed E-state index contributed by atoms with van der Waals surface area (Å²) in [6, 6.07) is 0. The summed E-state index contributed by atoms with van der Waals surface area (Å²) in [5.41, 5.74) is 0. The number of carbonyl (C=O) groups is 2. The molecular formula is C42H80O10. The van der Waals surface area contributed by atoms with E-state index in [2.05, 4.69) is 13.8 Å². The first-order valence-corrected chi connectivity index (χ1v) is 21.6. The van der Waals surface area contributed by atoms with Crippen LogP contribution in [0.1, 0.15) is 200 Å². The van der Waals surface area contributed by atoms with Gasteiger partial charge in [-0.2, -0.15) is 0 Å². The minimum atomic E-state index is -1.59. The van der Waals surface area contributed by atoms with Gasteiger partial charge in [0, 0.05) is 12.8 Å². The third-order valence-electron chi connectivity index (χ3n) is 10.2. The molecule has 0 aromatic heterocycles. The Kier molecular flexibility index (Phi) is 32.1. The van der Waals surface area contributed by atoms with Gasteiger partial charge in [0.25, 0.3) is 0 Å². The van der Waals surface area contributed by atoms with E-state index < -0.39 is 49.4 Å². The van der Waals surface area contributed by atoms with Crippen LogP contribution in [0.15, 0.2) is 0 Å². The van der Waals surface area contributed by atoms with Crippen LogP contribution in [0.5, 0.6) is 0 Å². The molecule has 1 aliphatic heterocycles. The molecule has 1 rings (SSSR count). The maximum Gasteiger partial charge on any atom is 0.306 e. The lowest BCUT2D eigenvalue weighted by atomic mass is 9.99. The first-order chi connectivity index (χ1) is 25.3. The summed E-state index contributed by atoms with van der Waals surface area (Å²) in [6.07, 6.45) is 25.6. The maximum atomic E-state index is 12.7. The Morgan fingerprint density at radius 2 is 0.904 bits per heavy atom. The monoisotopic (exact) mass is 745 g/mol. The van der Waals surface area contributed by atoms with Gasteiger partial charge in [0.05, 0.1) is 13.2 Å². The molecule has 1 heterocycles. The van der Waals surface area contributed by atoms with E-state index >= 15 is 0 Å². The molecule has 1 aliphatic rings. The molecule has 10 nitrogen and oxygen atoms in total. The van der Waals surface area contributed by atoms with Crippen LogP contribution in [-0.2, 0) is 28.5 Å². The van der Waals surface area contributed by atoms with Crippen molar-refractivity contribution in [3.05, 3.63) is 0 Å². The molecule has 0 amide bonds. The largest absolute Gasteiger partial charge is 0.462 e. The molecule has 1 saturated heterocycles. The smallest absolute Gasteiger partial charge is 0.306 e. The van der Waals surface area contributed by atoms with Gasteiger partial charge in [-0.1, -0.05) is 174 Å². The maximum absolute atomic E-state index is 12.7. The summed E-state index contributed by atoms with van der Waals surface area (Å²) in [4.78, 5) is 25.2. The van der Waals surface area contributed by atoms with Crippen LogP contribution >= 0.6 is 0 Å². The van der Waals surface area contributed by atoms with Crippen molar-refractivity contribution >= 4 is 11.9 Å². The van der Waals surface area contributed by atoms with Crippen molar-refractivity contribution in [3.8, 4) is 0 Å². The zero-order valence-electron chi connectivity index (χ0n) is 33.3.